The summed E-state index contributed by atoms with van der Waals surface area (Å²) in [6, 6.07) is 19.9. The van der Waals surface area contributed by atoms with Gasteiger partial charge in [-0.3, -0.25) is 24.5 Å². The molecule has 0 saturated heterocycles. The summed E-state index contributed by atoms with van der Waals surface area (Å²) in [5.74, 6) is -1.43. The molecule has 254 valence electrons. The average molecular weight is 669 g/mol. The number of nitrogens with one attached hydrogen (secondary N) is 2. The molecule has 10 heteroatoms. The van der Waals surface area contributed by atoms with E-state index in [1.54, 1.807) is 38.6 Å². The van der Waals surface area contributed by atoms with Gasteiger partial charge in [-0.15, -0.1) is 0 Å². The largest absolute Gasteiger partial charge is 0.481 e. The maximum Gasteiger partial charge on any atom is 0.320 e. The lowest BCUT2D eigenvalue weighted by atomic mass is 9.91. The van der Waals surface area contributed by atoms with E-state index < -0.39 is 23.9 Å². The number of hydrogen-bond donors (Lipinski definition) is 4. The molecule has 2 atom stereocenters. The summed E-state index contributed by atoms with van der Waals surface area (Å²) in [7, 11) is 0. The zero-order valence-corrected chi connectivity index (χ0v) is 28.6. The maximum atomic E-state index is 11.2. The summed E-state index contributed by atoms with van der Waals surface area (Å²) in [4.78, 5) is 41.2. The molecular formula is C40H40N6O4. The molecule has 0 aliphatic heterocycles. The van der Waals surface area contributed by atoms with Gasteiger partial charge in [0.25, 0.3) is 0 Å². The first-order chi connectivity index (χ1) is 24.1. The molecule has 6 rings (SSSR count). The van der Waals surface area contributed by atoms with Gasteiger partial charge in [0.1, 0.15) is 11.6 Å². The molecule has 4 heterocycles. The first kappa shape index (κ1) is 34.1. The third-order valence-corrected chi connectivity index (χ3v) is 9.34. The van der Waals surface area contributed by atoms with Crippen LogP contribution in [0.4, 0.5) is 11.5 Å². The molecule has 4 aromatic heterocycles. The van der Waals surface area contributed by atoms with Crippen LogP contribution in [0.5, 0.6) is 0 Å². The molecule has 0 aliphatic rings. The van der Waals surface area contributed by atoms with Crippen LogP contribution in [-0.2, 0) is 29.0 Å². The van der Waals surface area contributed by atoms with Gasteiger partial charge in [-0.25, -0.2) is 4.98 Å². The topological polar surface area (TPSA) is 150 Å². The number of hydrogen-bond acceptors (Lipinski definition) is 8. The van der Waals surface area contributed by atoms with Gasteiger partial charge in [0.15, 0.2) is 5.82 Å². The molecule has 0 radical (unpaired) electrons. The maximum absolute atomic E-state index is 11.2. The van der Waals surface area contributed by atoms with Crippen LogP contribution < -0.4 is 10.6 Å². The standard InChI is InChI=1S/C40H40N6O4/c1-23(39(47)48)11-12-27-17-31-14-16-42-38(37(31)45-20-27)46-34-10-6-9-33(25(34)3)32-8-5-7-29(24(32)2)19-35-36-30(13-15-41-35)18-28(22-44-36)21-43-26(4)40(49)50/h5-10,13-18,20,22-23,26,43H,11-12,19,21H2,1-4H3,(H,42,46)(H,47,48)(H,49,50). The van der Waals surface area contributed by atoms with Crippen molar-refractivity contribution in [1.29, 1.82) is 0 Å². The average Bonchev–Trinajstić information content (AvgIpc) is 3.11. The van der Waals surface area contributed by atoms with Gasteiger partial charge in [0.2, 0.25) is 0 Å². The summed E-state index contributed by atoms with van der Waals surface area (Å²) in [5.41, 5.74) is 10.9. The number of aryl methyl sites for hydroxylation is 1. The third kappa shape index (κ3) is 7.45. The van der Waals surface area contributed by atoms with Crippen molar-refractivity contribution < 1.29 is 19.8 Å². The Bertz CT molecular complexity index is 2060. The minimum absolute atomic E-state index is 0.409. The lowest BCUT2D eigenvalue weighted by Gasteiger charge is -2.17. The molecule has 0 amide bonds. The second kappa shape index (κ2) is 14.8. The number of carboxylic acid groups (broad SMARTS) is 2. The van der Waals surface area contributed by atoms with Crippen molar-refractivity contribution in [2.24, 2.45) is 5.92 Å². The van der Waals surface area contributed by atoms with Crippen molar-refractivity contribution in [2.75, 3.05) is 5.32 Å². The lowest BCUT2D eigenvalue weighted by molar-refractivity contribution is -0.141. The number of aliphatic carboxylic acids is 2. The van der Waals surface area contributed by atoms with Crippen LogP contribution in [-0.4, -0.2) is 48.1 Å². The highest BCUT2D eigenvalue weighted by molar-refractivity contribution is 5.91. The molecule has 6 aromatic rings. The minimum Gasteiger partial charge on any atom is -0.481 e. The van der Waals surface area contributed by atoms with E-state index in [0.717, 1.165) is 72.1 Å². The van der Waals surface area contributed by atoms with Crippen molar-refractivity contribution in [2.45, 2.75) is 59.5 Å². The van der Waals surface area contributed by atoms with E-state index in [-0.39, 0.29) is 0 Å². The van der Waals surface area contributed by atoms with E-state index in [2.05, 4.69) is 59.8 Å². The van der Waals surface area contributed by atoms with Crippen LogP contribution in [0.25, 0.3) is 32.9 Å². The molecule has 2 aromatic carbocycles. The molecule has 0 bridgehead atoms. The highest BCUT2D eigenvalue weighted by Gasteiger charge is 2.16. The quantitative estimate of drug-likeness (QED) is 0.0980. The summed E-state index contributed by atoms with van der Waals surface area (Å²) < 4.78 is 0. The van der Waals surface area contributed by atoms with Gasteiger partial charge in [0, 0.05) is 54.2 Å². The fourth-order valence-corrected chi connectivity index (χ4v) is 6.13. The Morgan fingerprint density at radius 1 is 0.760 bits per heavy atom. The Balaban J connectivity index is 1.24. The summed E-state index contributed by atoms with van der Waals surface area (Å²) in [6.07, 6.45) is 8.95. The Hall–Kier alpha value is -5.74. The first-order valence-electron chi connectivity index (χ1n) is 16.7. The fraction of sp³-hybridized carbons (Fsp3) is 0.250. The normalized spacial score (nSPS) is 12.6. The number of carbonyl (C=O) groups is 2. The van der Waals surface area contributed by atoms with E-state index in [0.29, 0.717) is 31.6 Å². The summed E-state index contributed by atoms with van der Waals surface area (Å²) in [6.45, 7) is 7.99. The van der Waals surface area contributed by atoms with Crippen LogP contribution >= 0.6 is 0 Å². The second-order valence-corrected chi connectivity index (χ2v) is 12.8. The number of rotatable bonds is 13. The Morgan fingerprint density at radius 3 is 2.18 bits per heavy atom. The Kier molecular flexibility index (Phi) is 10.1. The number of fused-ring (bicyclic) bond motifs is 2. The highest BCUT2D eigenvalue weighted by atomic mass is 16.4. The third-order valence-electron chi connectivity index (χ3n) is 9.34. The fourth-order valence-electron chi connectivity index (χ4n) is 6.13. The molecular weight excluding hydrogens is 628 g/mol. The van der Waals surface area contributed by atoms with E-state index >= 15 is 0 Å². The van der Waals surface area contributed by atoms with Crippen molar-refractivity contribution >= 4 is 45.2 Å². The van der Waals surface area contributed by atoms with Gasteiger partial charge >= 0.3 is 11.9 Å². The van der Waals surface area contributed by atoms with Crippen molar-refractivity contribution in [3.05, 3.63) is 119 Å². The molecule has 2 unspecified atom stereocenters. The number of aromatic nitrogens is 4. The lowest BCUT2D eigenvalue weighted by Crippen LogP contribution is -2.33. The van der Waals surface area contributed by atoms with Gasteiger partial charge in [-0.05, 0) is 103 Å². The zero-order valence-electron chi connectivity index (χ0n) is 28.6. The van der Waals surface area contributed by atoms with Crippen LogP contribution in [0.1, 0.15) is 53.8 Å². The van der Waals surface area contributed by atoms with Crippen molar-refractivity contribution in [1.82, 2.24) is 25.3 Å². The molecule has 50 heavy (non-hydrogen) atoms. The number of anilines is 2. The molecule has 10 nitrogen and oxygen atoms in total. The molecule has 0 saturated carbocycles. The predicted octanol–water partition coefficient (Wildman–Crippen LogP) is 7.41. The van der Waals surface area contributed by atoms with Crippen molar-refractivity contribution in [3.8, 4) is 11.1 Å². The van der Waals surface area contributed by atoms with E-state index in [1.165, 1.54) is 0 Å². The summed E-state index contributed by atoms with van der Waals surface area (Å²) in [5, 5.41) is 26.9. The van der Waals surface area contributed by atoms with Crippen molar-refractivity contribution in [3.63, 3.8) is 0 Å². The SMILES string of the molecule is Cc1c(Cc2nccc3cc(CNC(C)C(=O)O)cnc23)cccc1-c1cccc(Nc2nccc3cc(CCC(C)C(=O)O)cnc23)c1C. The van der Waals surface area contributed by atoms with E-state index in [1.807, 2.05) is 30.3 Å². The smallest absolute Gasteiger partial charge is 0.320 e. The van der Waals surface area contributed by atoms with E-state index in [4.69, 9.17) is 15.0 Å². The first-order valence-corrected chi connectivity index (χ1v) is 16.7. The molecule has 4 N–H and O–H groups in total. The number of pyridine rings is 4. The monoisotopic (exact) mass is 668 g/mol. The van der Waals surface area contributed by atoms with Gasteiger partial charge in [-0.1, -0.05) is 37.3 Å². The molecule has 0 aliphatic carbocycles. The Labute approximate surface area is 290 Å². The second-order valence-electron chi connectivity index (χ2n) is 12.8. The molecule has 0 fully saturated rings. The highest BCUT2D eigenvalue weighted by Crippen LogP contribution is 2.35. The van der Waals surface area contributed by atoms with Crippen LogP contribution in [0, 0.1) is 19.8 Å². The summed E-state index contributed by atoms with van der Waals surface area (Å²) >= 11 is 0. The Morgan fingerprint density at radius 2 is 1.42 bits per heavy atom. The van der Waals surface area contributed by atoms with Crippen LogP contribution in [0.3, 0.4) is 0 Å². The zero-order chi connectivity index (χ0) is 35.4. The van der Waals surface area contributed by atoms with Gasteiger partial charge < -0.3 is 20.8 Å². The molecule has 0 spiro atoms. The van der Waals surface area contributed by atoms with Crippen LogP contribution in [0.15, 0.2) is 85.5 Å². The van der Waals surface area contributed by atoms with Gasteiger partial charge in [-0.2, -0.15) is 0 Å². The van der Waals surface area contributed by atoms with E-state index in [9.17, 15) is 19.8 Å². The van der Waals surface area contributed by atoms with Crippen LogP contribution in [0.2, 0.25) is 0 Å². The van der Waals surface area contributed by atoms with Gasteiger partial charge in [0.05, 0.1) is 17.1 Å². The number of nitrogens with zero attached hydrogens (tertiary/aromatic N) is 4. The minimum atomic E-state index is -0.891. The number of benzene rings is 2. The number of carboxylic acids is 2. The predicted molar refractivity (Wildman–Crippen MR) is 196 cm³/mol.